The van der Waals surface area contributed by atoms with Crippen molar-refractivity contribution in [3.05, 3.63) is 44.3 Å². The normalized spacial score (nSPS) is 11.3. The summed E-state index contributed by atoms with van der Waals surface area (Å²) in [6.07, 6.45) is 12.1. The van der Waals surface area contributed by atoms with Gasteiger partial charge in [0.15, 0.2) is 0 Å². The van der Waals surface area contributed by atoms with Crippen LogP contribution in [0.25, 0.3) is 0 Å². The van der Waals surface area contributed by atoms with Gasteiger partial charge in [-0.2, -0.15) is 0 Å². The quantitative estimate of drug-likeness (QED) is 0.346. The molecule has 0 aliphatic heterocycles. The van der Waals surface area contributed by atoms with Crippen molar-refractivity contribution in [1.82, 2.24) is 0 Å². The predicted octanol–water partition coefficient (Wildman–Crippen LogP) is 2.35. The Labute approximate surface area is 130 Å². The molecule has 0 heterocycles. The molecule has 0 aromatic heterocycles. The van der Waals surface area contributed by atoms with Gasteiger partial charge in [-0.05, 0) is 25.2 Å². The van der Waals surface area contributed by atoms with E-state index in [2.05, 4.69) is 49.0 Å². The molecule has 20 heavy (non-hydrogen) atoms. The molecule has 1 rings (SSSR count). The van der Waals surface area contributed by atoms with E-state index in [1.54, 1.807) is 0 Å². The molecule has 6 heteroatoms. The van der Waals surface area contributed by atoms with E-state index in [1.165, 1.54) is 7.11 Å². The zero-order valence-electron chi connectivity index (χ0n) is 11.1. The average Bonchev–Trinajstić information content (AvgIpc) is 2.79. The molecule has 0 unspecified atom stereocenters. The number of rotatable bonds is 3. The largest absolute Gasteiger partial charge is 0 e. The Kier molecular flexibility index (Phi) is 35.6. The standard InChI is InChI=1S/C11H16O2.3CO.Mn/c1-13-11(12)9-8-10-6-4-2-3-5-7-10;3*1-2;/h2-5,10H,6-9H2,1H3;;;;. The van der Waals surface area contributed by atoms with Gasteiger partial charge >= 0.3 is 39.9 Å². The molecule has 0 bridgehead atoms. The van der Waals surface area contributed by atoms with Crippen LogP contribution in [0.5, 0.6) is 0 Å². The number of ether oxygens (including phenoxy) is 1. The Balaban J connectivity index is -0.000000162. The van der Waals surface area contributed by atoms with Crippen molar-refractivity contribution in [2.75, 3.05) is 7.11 Å². The molecule has 0 saturated carbocycles. The molecule has 0 spiro atoms. The van der Waals surface area contributed by atoms with Crippen LogP contribution in [0.4, 0.5) is 0 Å². The summed E-state index contributed by atoms with van der Waals surface area (Å²) in [7, 11) is 1.44. The maximum absolute atomic E-state index is 10.9. The Hall–Kier alpha value is -1.31. The second kappa shape index (κ2) is 26.3. The fourth-order valence-corrected chi connectivity index (χ4v) is 1.46. The summed E-state index contributed by atoms with van der Waals surface area (Å²) in [4.78, 5) is 10.9. The SMILES string of the molecule is COC(=O)CCC1CC=CC=CC1.[C-]#[O+].[C-]#[O+].[C-]#[O+].[Mn]. The molecule has 109 valence electrons. The molecule has 0 aromatic carbocycles. The molecule has 0 saturated heterocycles. The smallest absolute Gasteiger partial charge is 0 e. The van der Waals surface area contributed by atoms with Crippen molar-refractivity contribution in [3.63, 3.8) is 0 Å². The number of carbonyl (C=O) groups excluding carboxylic acids is 1. The van der Waals surface area contributed by atoms with Crippen LogP contribution in [0.1, 0.15) is 25.7 Å². The zero-order chi connectivity index (χ0) is 15.5. The minimum atomic E-state index is -0.0998. The van der Waals surface area contributed by atoms with E-state index in [-0.39, 0.29) is 23.0 Å². The van der Waals surface area contributed by atoms with Crippen molar-refractivity contribution in [3.8, 4) is 0 Å². The first-order valence-corrected chi connectivity index (χ1v) is 5.32. The van der Waals surface area contributed by atoms with Crippen LogP contribution >= 0.6 is 0 Å². The molecule has 0 N–H and O–H groups in total. The van der Waals surface area contributed by atoms with Crippen molar-refractivity contribution in [1.29, 1.82) is 0 Å². The van der Waals surface area contributed by atoms with Gasteiger partial charge in [-0.15, -0.1) is 0 Å². The fraction of sp³-hybridized carbons (Fsp3) is 0.429. The van der Waals surface area contributed by atoms with Gasteiger partial charge in [0.1, 0.15) is 0 Å². The molecule has 0 aromatic rings. The third-order valence-electron chi connectivity index (χ3n) is 2.31. The van der Waals surface area contributed by atoms with Crippen LogP contribution in [-0.4, -0.2) is 13.1 Å². The summed E-state index contributed by atoms with van der Waals surface area (Å²) < 4.78 is 27.1. The van der Waals surface area contributed by atoms with E-state index in [4.69, 9.17) is 14.0 Å². The third-order valence-corrected chi connectivity index (χ3v) is 2.31. The Morgan fingerprint density at radius 2 is 1.50 bits per heavy atom. The molecule has 0 atom stereocenters. The predicted molar refractivity (Wildman–Crippen MR) is 64.0 cm³/mol. The summed E-state index contributed by atoms with van der Waals surface area (Å²) in [5, 5.41) is 0. The van der Waals surface area contributed by atoms with Crippen LogP contribution < -0.4 is 0 Å². The molecule has 1 aliphatic rings. The van der Waals surface area contributed by atoms with Gasteiger partial charge < -0.3 is 4.74 Å². The van der Waals surface area contributed by atoms with Gasteiger partial charge in [-0.25, -0.2) is 0 Å². The van der Waals surface area contributed by atoms with Crippen LogP contribution in [0.15, 0.2) is 24.3 Å². The summed E-state index contributed by atoms with van der Waals surface area (Å²) in [6, 6.07) is 0. The minimum absolute atomic E-state index is 0. The van der Waals surface area contributed by atoms with Crippen LogP contribution in [-0.2, 0) is 40.6 Å². The third kappa shape index (κ3) is 19.0. The first kappa shape index (κ1) is 27.1. The van der Waals surface area contributed by atoms with Gasteiger partial charge in [-0.1, -0.05) is 24.3 Å². The number of allylic oxidation sites excluding steroid dienone is 4. The monoisotopic (exact) mass is 319 g/mol. The van der Waals surface area contributed by atoms with Crippen LogP contribution in [0, 0.1) is 25.9 Å². The molecule has 1 radical (unpaired) electrons. The Morgan fingerprint density at radius 3 is 1.85 bits per heavy atom. The Morgan fingerprint density at radius 1 is 1.10 bits per heavy atom. The van der Waals surface area contributed by atoms with Gasteiger partial charge in [0.25, 0.3) is 0 Å². The first-order chi connectivity index (χ1) is 9.33. The number of hydrogen-bond donors (Lipinski definition) is 0. The van der Waals surface area contributed by atoms with Crippen molar-refractivity contribution in [2.24, 2.45) is 5.92 Å². The van der Waals surface area contributed by atoms with E-state index in [0.717, 1.165) is 19.3 Å². The molecule has 1 aliphatic carbocycles. The number of methoxy groups -OCH3 is 1. The maximum Gasteiger partial charge on any atom is 0 e. The van der Waals surface area contributed by atoms with Crippen molar-refractivity contribution in [2.45, 2.75) is 25.7 Å². The number of carbonyl (C=O) groups is 1. The van der Waals surface area contributed by atoms with Gasteiger partial charge in [-0.3, -0.25) is 4.79 Å². The van der Waals surface area contributed by atoms with Gasteiger partial charge in [0, 0.05) is 23.5 Å². The summed E-state index contributed by atoms with van der Waals surface area (Å²) in [5.41, 5.74) is 0. The van der Waals surface area contributed by atoms with Crippen molar-refractivity contribution < 1.29 is 40.6 Å². The summed E-state index contributed by atoms with van der Waals surface area (Å²) in [6.45, 7) is 13.5. The maximum atomic E-state index is 10.9. The van der Waals surface area contributed by atoms with E-state index in [9.17, 15) is 4.79 Å². The van der Waals surface area contributed by atoms with Crippen molar-refractivity contribution >= 4 is 5.97 Å². The van der Waals surface area contributed by atoms with Crippen LogP contribution in [0.2, 0.25) is 0 Å². The first-order valence-electron chi connectivity index (χ1n) is 5.32. The summed E-state index contributed by atoms with van der Waals surface area (Å²) in [5.74, 6) is 0.506. The molecular formula is C14H16MnO5. The van der Waals surface area contributed by atoms with E-state index in [1.807, 2.05) is 0 Å². The van der Waals surface area contributed by atoms with Gasteiger partial charge in [0.05, 0.1) is 7.11 Å². The topological polar surface area (TPSA) is 86.0 Å². The molecule has 0 amide bonds. The fourth-order valence-electron chi connectivity index (χ4n) is 1.46. The average molecular weight is 319 g/mol. The Bertz CT molecular complexity index is 300. The van der Waals surface area contributed by atoms with E-state index in [0.29, 0.717) is 12.3 Å². The van der Waals surface area contributed by atoms with Gasteiger partial charge in [0.2, 0.25) is 0 Å². The molecule has 5 nitrogen and oxygen atoms in total. The van der Waals surface area contributed by atoms with E-state index < -0.39 is 0 Å². The van der Waals surface area contributed by atoms with E-state index >= 15 is 0 Å². The second-order valence-corrected chi connectivity index (χ2v) is 3.31. The number of esters is 1. The number of hydrogen-bond acceptors (Lipinski definition) is 2. The minimum Gasteiger partial charge on any atom is 0 e. The second-order valence-electron chi connectivity index (χ2n) is 3.31. The van der Waals surface area contributed by atoms with Crippen LogP contribution in [0.3, 0.4) is 0 Å². The zero-order valence-corrected chi connectivity index (χ0v) is 12.3. The molecular weight excluding hydrogens is 303 g/mol. The molecule has 0 fully saturated rings. The summed E-state index contributed by atoms with van der Waals surface area (Å²) >= 11 is 0.